The van der Waals surface area contributed by atoms with Crippen LogP contribution in [0.3, 0.4) is 0 Å². The van der Waals surface area contributed by atoms with E-state index in [0.29, 0.717) is 31.1 Å². The van der Waals surface area contributed by atoms with Gasteiger partial charge in [0.1, 0.15) is 23.0 Å². The Morgan fingerprint density at radius 2 is 1.77 bits per heavy atom. The van der Waals surface area contributed by atoms with Crippen molar-refractivity contribution in [1.29, 1.82) is 0 Å². The van der Waals surface area contributed by atoms with E-state index in [1.54, 1.807) is 5.38 Å². The molecule has 2 heterocycles. The molecule has 1 aliphatic rings. The minimum Gasteiger partial charge on any atom is -0.477 e. The number of thiazole rings is 1. The Morgan fingerprint density at radius 1 is 1.18 bits per heavy atom. The second-order valence-electron chi connectivity index (χ2n) is 12.3. The predicted molar refractivity (Wildman–Crippen MR) is 156 cm³/mol. The number of rotatable bonds is 10. The van der Waals surface area contributed by atoms with Crippen molar-refractivity contribution in [2.45, 2.75) is 90.2 Å². The van der Waals surface area contributed by atoms with Gasteiger partial charge in [0, 0.05) is 24.5 Å². The molecule has 1 unspecified atom stereocenters. The maximum Gasteiger partial charge on any atom is 0.407 e. The minimum atomic E-state index is -2.28. The largest absolute Gasteiger partial charge is 0.477 e. The number of aliphatic carboxylic acids is 1. The molecule has 1 aliphatic heterocycles. The van der Waals surface area contributed by atoms with Crippen LogP contribution in [0.4, 0.5) is 9.93 Å². The monoisotopic (exact) mass is 597 g/mol. The van der Waals surface area contributed by atoms with Crippen LogP contribution >= 0.6 is 11.3 Å². The number of anilines is 1. The van der Waals surface area contributed by atoms with Crippen LogP contribution in [0.15, 0.2) is 17.7 Å². The Balaban J connectivity index is 2.04. The molecule has 1 aromatic rings. The summed E-state index contributed by atoms with van der Waals surface area (Å²) < 4.78 is 11.5. The fourth-order valence-electron chi connectivity index (χ4n) is 3.42. The highest BCUT2D eigenvalue weighted by Crippen LogP contribution is 2.36. The number of nitrogens with zero attached hydrogens (tertiary/aromatic N) is 2. The van der Waals surface area contributed by atoms with Gasteiger partial charge in [-0.3, -0.25) is 9.59 Å². The molecule has 0 saturated carbocycles. The number of carboxylic acids is 1. The number of amides is 3. The van der Waals surface area contributed by atoms with Gasteiger partial charge in [-0.1, -0.05) is 27.4 Å². The molecular weight excluding hydrogens is 554 g/mol. The summed E-state index contributed by atoms with van der Waals surface area (Å²) >= 11 is 1.30. The summed E-state index contributed by atoms with van der Waals surface area (Å²) in [4.78, 5) is 55.7. The first-order chi connectivity index (χ1) is 18.3. The van der Waals surface area contributed by atoms with E-state index in [-0.39, 0.29) is 23.4 Å². The van der Waals surface area contributed by atoms with Crippen molar-refractivity contribution in [3.8, 4) is 0 Å². The smallest absolute Gasteiger partial charge is 0.407 e. The predicted octanol–water partition coefficient (Wildman–Crippen LogP) is 3.47. The Kier molecular flexibility index (Phi) is 10.9. The van der Waals surface area contributed by atoms with Crippen LogP contribution < -0.4 is 20.9 Å². The van der Waals surface area contributed by atoms with Gasteiger partial charge in [-0.15, -0.1) is 11.3 Å². The number of hydrogen-bond acceptors (Lipinski definition) is 9. The average molecular weight is 598 g/mol. The SMILES string of the molecule is C=C(NC(=O)C(CO[Si](C)(C)C(C)(C)C)NC(=O)c1csc(N2CCC(NC(=O)OC(C)(C)C)CC2)n1)C(=O)O. The molecule has 4 N–H and O–H groups in total. The molecule has 0 bridgehead atoms. The molecule has 40 heavy (non-hydrogen) atoms. The maximum absolute atomic E-state index is 13.1. The van der Waals surface area contributed by atoms with Gasteiger partial charge in [0.25, 0.3) is 5.91 Å². The van der Waals surface area contributed by atoms with Crippen molar-refractivity contribution in [1.82, 2.24) is 20.9 Å². The second-order valence-corrected chi connectivity index (χ2v) is 17.9. The molecule has 224 valence electrons. The van der Waals surface area contributed by atoms with E-state index >= 15 is 0 Å². The van der Waals surface area contributed by atoms with Gasteiger partial charge >= 0.3 is 12.1 Å². The first kappa shape index (κ1) is 33.2. The first-order valence-corrected chi connectivity index (χ1v) is 17.0. The van der Waals surface area contributed by atoms with E-state index in [1.165, 1.54) is 11.3 Å². The van der Waals surface area contributed by atoms with Gasteiger partial charge in [0.2, 0.25) is 5.91 Å². The lowest BCUT2D eigenvalue weighted by atomic mass is 10.1. The fourth-order valence-corrected chi connectivity index (χ4v) is 5.29. The van der Waals surface area contributed by atoms with E-state index in [9.17, 15) is 19.2 Å². The molecule has 2 rings (SSSR count). The Bertz CT molecular complexity index is 1100. The van der Waals surface area contributed by atoms with Crippen molar-refractivity contribution in [2.24, 2.45) is 0 Å². The molecular formula is C26H43N5O7SSi. The summed E-state index contributed by atoms with van der Waals surface area (Å²) in [5.74, 6) is -2.70. The number of carboxylic acid groups (broad SMARTS) is 1. The van der Waals surface area contributed by atoms with Crippen LogP contribution in [0.1, 0.15) is 64.9 Å². The van der Waals surface area contributed by atoms with Crippen molar-refractivity contribution >= 4 is 48.7 Å². The molecule has 1 atom stereocenters. The zero-order chi connectivity index (χ0) is 30.5. The molecule has 1 fully saturated rings. The molecule has 0 spiro atoms. The summed E-state index contributed by atoms with van der Waals surface area (Å²) in [5, 5.41) is 19.0. The zero-order valence-electron chi connectivity index (χ0n) is 24.7. The van der Waals surface area contributed by atoms with Crippen molar-refractivity contribution in [2.75, 3.05) is 24.6 Å². The molecule has 1 aromatic heterocycles. The quantitative estimate of drug-likeness (QED) is 0.234. The van der Waals surface area contributed by atoms with Gasteiger partial charge in [-0.25, -0.2) is 14.6 Å². The number of nitrogens with one attached hydrogen (secondary N) is 3. The second kappa shape index (κ2) is 13.1. The van der Waals surface area contributed by atoms with Crippen LogP contribution in [0.25, 0.3) is 0 Å². The number of alkyl carbamates (subject to hydrolysis) is 1. The molecule has 3 amide bonds. The number of carbonyl (C=O) groups is 4. The fraction of sp³-hybridized carbons (Fsp3) is 0.654. The molecule has 1 saturated heterocycles. The van der Waals surface area contributed by atoms with Gasteiger partial charge in [0.15, 0.2) is 13.4 Å². The zero-order valence-corrected chi connectivity index (χ0v) is 26.5. The van der Waals surface area contributed by atoms with E-state index in [0.717, 1.165) is 0 Å². The van der Waals surface area contributed by atoms with E-state index in [4.69, 9.17) is 14.3 Å². The number of hydrogen-bond donors (Lipinski definition) is 4. The topological polar surface area (TPSA) is 159 Å². The van der Waals surface area contributed by atoms with Gasteiger partial charge < -0.3 is 35.1 Å². The highest BCUT2D eigenvalue weighted by Gasteiger charge is 2.38. The molecule has 0 radical (unpaired) electrons. The van der Waals surface area contributed by atoms with Crippen molar-refractivity contribution in [3.63, 3.8) is 0 Å². The maximum atomic E-state index is 13.1. The number of piperidine rings is 1. The van der Waals surface area contributed by atoms with Crippen LogP contribution in [0, 0.1) is 0 Å². The van der Waals surface area contributed by atoms with Gasteiger partial charge in [0.05, 0.1) is 6.61 Å². The van der Waals surface area contributed by atoms with Gasteiger partial charge in [-0.05, 0) is 51.7 Å². The van der Waals surface area contributed by atoms with E-state index in [1.807, 2.05) is 59.5 Å². The average Bonchev–Trinajstić information content (AvgIpc) is 3.30. The van der Waals surface area contributed by atoms with Crippen LogP contribution in [-0.2, 0) is 18.8 Å². The van der Waals surface area contributed by atoms with Crippen LogP contribution in [0.5, 0.6) is 0 Å². The molecule has 12 nitrogen and oxygen atoms in total. The summed E-state index contributed by atoms with van der Waals surface area (Å²) in [6.45, 7) is 20.1. The third-order valence-corrected chi connectivity index (χ3v) is 12.2. The lowest BCUT2D eigenvalue weighted by Gasteiger charge is -2.37. The third kappa shape index (κ3) is 9.89. The third-order valence-electron chi connectivity index (χ3n) is 6.78. The molecule has 14 heteroatoms. The Morgan fingerprint density at radius 3 is 2.30 bits per heavy atom. The van der Waals surface area contributed by atoms with Gasteiger partial charge in [-0.2, -0.15) is 0 Å². The van der Waals surface area contributed by atoms with Crippen LogP contribution in [0.2, 0.25) is 18.1 Å². The Hall–Kier alpha value is -2.97. The standard InChI is InChI=1S/C26H43N5O7SSi/c1-16(22(34)35)27-20(32)18(14-37-40(8,9)26(5,6)7)29-21(33)19-15-39-23(30-19)31-12-10-17(11-13-31)28-24(36)38-25(2,3)4/h15,17-18H,1,10-14H2,2-9H3,(H,27,32)(H,28,36)(H,29,33)(H,34,35). The van der Waals surface area contributed by atoms with Crippen molar-refractivity contribution in [3.05, 3.63) is 23.3 Å². The normalized spacial score (nSPS) is 15.7. The lowest BCUT2D eigenvalue weighted by Crippen LogP contribution is -2.52. The highest BCUT2D eigenvalue weighted by atomic mass is 32.1. The summed E-state index contributed by atoms with van der Waals surface area (Å²) in [6.07, 6.45) is 0.948. The summed E-state index contributed by atoms with van der Waals surface area (Å²) in [7, 11) is -2.28. The number of ether oxygens (including phenoxy) is 1. The number of carbonyl (C=O) groups excluding carboxylic acids is 3. The van der Waals surface area contributed by atoms with Crippen molar-refractivity contribution < 1.29 is 33.4 Å². The summed E-state index contributed by atoms with van der Waals surface area (Å²) in [6, 6.07) is -1.17. The molecule has 0 aromatic carbocycles. The minimum absolute atomic E-state index is 0.0189. The van der Waals surface area contributed by atoms with E-state index in [2.05, 4.69) is 27.5 Å². The van der Waals surface area contributed by atoms with Crippen LogP contribution in [-0.4, -0.2) is 79.7 Å². The van der Waals surface area contributed by atoms with E-state index < -0.39 is 49.5 Å². The Labute approximate surface area is 241 Å². The lowest BCUT2D eigenvalue weighted by molar-refractivity contribution is -0.135. The summed E-state index contributed by atoms with van der Waals surface area (Å²) in [5.41, 5.74) is -0.933. The first-order valence-electron chi connectivity index (χ1n) is 13.2. The highest BCUT2D eigenvalue weighted by molar-refractivity contribution is 7.13. The number of aromatic nitrogens is 1. The molecule has 0 aliphatic carbocycles.